The van der Waals surface area contributed by atoms with Gasteiger partial charge in [-0.15, -0.1) is 0 Å². The zero-order chi connectivity index (χ0) is 20.0. The Morgan fingerprint density at radius 3 is 2.44 bits per heavy atom. The van der Waals surface area contributed by atoms with Crippen LogP contribution in [0.2, 0.25) is 0 Å². The molecule has 1 aliphatic rings. The Bertz CT molecular complexity index is 714. The monoisotopic (exact) mass is 379 g/mol. The zero-order valence-electron chi connectivity index (χ0n) is 15.9. The van der Waals surface area contributed by atoms with Crippen LogP contribution in [0.3, 0.4) is 0 Å². The molecule has 1 heterocycles. The lowest BCUT2D eigenvalue weighted by Crippen LogP contribution is -2.43. The summed E-state index contributed by atoms with van der Waals surface area (Å²) < 4.78 is 15.6. The number of ether oxygens (including phenoxy) is 3. The first kappa shape index (κ1) is 20.3. The lowest BCUT2D eigenvalue weighted by Gasteiger charge is -2.19. The number of carbonyl (C=O) groups excluding carboxylic acids is 3. The van der Waals surface area contributed by atoms with Gasteiger partial charge < -0.3 is 30.2 Å². The van der Waals surface area contributed by atoms with Gasteiger partial charge in [-0.1, -0.05) is 6.07 Å². The van der Waals surface area contributed by atoms with E-state index < -0.39 is 17.6 Å². The molecule has 0 aromatic heterocycles. The van der Waals surface area contributed by atoms with E-state index in [1.165, 1.54) is 0 Å². The van der Waals surface area contributed by atoms with Gasteiger partial charge in [-0.05, 0) is 45.4 Å². The lowest BCUT2D eigenvalue weighted by atomic mass is 10.1. The van der Waals surface area contributed by atoms with Gasteiger partial charge in [0.15, 0.2) is 11.5 Å². The third kappa shape index (κ3) is 6.69. The van der Waals surface area contributed by atoms with Crippen molar-refractivity contribution in [2.24, 2.45) is 0 Å². The van der Waals surface area contributed by atoms with E-state index in [1.807, 2.05) is 13.0 Å². The Morgan fingerprint density at radius 1 is 1.07 bits per heavy atom. The molecular formula is C18H25N3O6. The molecule has 1 atom stereocenters. The number of hydrogen-bond acceptors (Lipinski definition) is 6. The quantitative estimate of drug-likeness (QED) is 0.685. The number of nitrogens with one attached hydrogen (secondary N) is 3. The summed E-state index contributed by atoms with van der Waals surface area (Å²) in [5.74, 6) is 0.453. The Hall–Kier alpha value is -2.97. The van der Waals surface area contributed by atoms with Crippen LogP contribution in [-0.4, -0.2) is 43.4 Å². The summed E-state index contributed by atoms with van der Waals surface area (Å²) in [5, 5.41) is 7.53. The van der Waals surface area contributed by atoms with Crippen molar-refractivity contribution < 1.29 is 28.6 Å². The average Bonchev–Trinajstić information content (AvgIpc) is 3.04. The van der Waals surface area contributed by atoms with Crippen LogP contribution in [0.15, 0.2) is 18.2 Å². The first-order valence-electron chi connectivity index (χ1n) is 8.56. The lowest BCUT2D eigenvalue weighted by molar-refractivity contribution is -0.125. The summed E-state index contributed by atoms with van der Waals surface area (Å²) in [6, 6.07) is 5.15. The van der Waals surface area contributed by atoms with E-state index >= 15 is 0 Å². The number of alkyl carbamates (subject to hydrolysis) is 1. The van der Waals surface area contributed by atoms with Gasteiger partial charge in [0.25, 0.3) is 0 Å². The third-order valence-corrected chi connectivity index (χ3v) is 3.51. The molecular weight excluding hydrogens is 354 g/mol. The first-order chi connectivity index (χ1) is 12.6. The molecule has 3 N–H and O–H groups in total. The van der Waals surface area contributed by atoms with Crippen LogP contribution in [-0.2, 0) is 14.3 Å². The highest BCUT2D eigenvalue weighted by atomic mass is 16.7. The molecule has 0 spiro atoms. The minimum absolute atomic E-state index is 0.183. The van der Waals surface area contributed by atoms with Crippen LogP contribution >= 0.6 is 0 Å². The van der Waals surface area contributed by atoms with E-state index in [0.717, 1.165) is 5.56 Å². The molecule has 1 aromatic carbocycles. The Morgan fingerprint density at radius 2 is 1.74 bits per heavy atom. The van der Waals surface area contributed by atoms with Gasteiger partial charge in [-0.2, -0.15) is 0 Å². The minimum Gasteiger partial charge on any atom is -0.454 e. The molecule has 148 valence electrons. The molecule has 27 heavy (non-hydrogen) atoms. The van der Waals surface area contributed by atoms with E-state index in [2.05, 4.69) is 16.0 Å². The molecule has 0 unspecified atom stereocenters. The van der Waals surface area contributed by atoms with Gasteiger partial charge in [-0.25, -0.2) is 4.79 Å². The third-order valence-electron chi connectivity index (χ3n) is 3.51. The minimum atomic E-state index is -0.696. The highest BCUT2D eigenvalue weighted by molar-refractivity contribution is 5.87. The van der Waals surface area contributed by atoms with Gasteiger partial charge in [-0.3, -0.25) is 9.59 Å². The van der Waals surface area contributed by atoms with Gasteiger partial charge >= 0.3 is 6.09 Å². The van der Waals surface area contributed by atoms with E-state index in [4.69, 9.17) is 14.2 Å². The Kier molecular flexibility index (Phi) is 6.49. The number of carbonyl (C=O) groups is 3. The molecule has 1 aromatic rings. The highest BCUT2D eigenvalue weighted by Crippen LogP contribution is 2.34. The molecule has 9 nitrogen and oxygen atoms in total. The highest BCUT2D eigenvalue weighted by Gasteiger charge is 2.18. The molecule has 0 bridgehead atoms. The van der Waals surface area contributed by atoms with E-state index in [9.17, 15) is 14.4 Å². The normalized spacial score (nSPS) is 13.5. The van der Waals surface area contributed by atoms with Crippen molar-refractivity contribution in [3.05, 3.63) is 23.8 Å². The van der Waals surface area contributed by atoms with Gasteiger partial charge in [0.05, 0.1) is 12.6 Å². The van der Waals surface area contributed by atoms with Crippen LogP contribution in [0.1, 0.15) is 39.3 Å². The number of hydrogen-bond donors (Lipinski definition) is 3. The van der Waals surface area contributed by atoms with Gasteiger partial charge in [0, 0.05) is 0 Å². The van der Waals surface area contributed by atoms with Crippen molar-refractivity contribution >= 4 is 17.9 Å². The van der Waals surface area contributed by atoms with E-state index in [0.29, 0.717) is 11.5 Å². The summed E-state index contributed by atoms with van der Waals surface area (Å²) in [6.45, 7) is 6.68. The largest absolute Gasteiger partial charge is 0.454 e. The van der Waals surface area contributed by atoms with Crippen LogP contribution in [0.25, 0.3) is 0 Å². The summed E-state index contributed by atoms with van der Waals surface area (Å²) in [7, 11) is 0. The predicted octanol–water partition coefficient (Wildman–Crippen LogP) is 1.23. The van der Waals surface area contributed by atoms with Crippen LogP contribution in [0.5, 0.6) is 11.5 Å². The number of amides is 3. The summed E-state index contributed by atoms with van der Waals surface area (Å²) in [4.78, 5) is 35.2. The van der Waals surface area contributed by atoms with Crippen molar-refractivity contribution in [3.8, 4) is 11.5 Å². The fourth-order valence-corrected chi connectivity index (χ4v) is 2.27. The number of benzene rings is 1. The van der Waals surface area contributed by atoms with Crippen LogP contribution < -0.4 is 25.4 Å². The molecule has 3 amide bonds. The van der Waals surface area contributed by atoms with Crippen LogP contribution in [0, 0.1) is 0 Å². The maximum atomic E-state index is 12.0. The molecule has 1 aliphatic heterocycles. The smallest absolute Gasteiger partial charge is 0.408 e. The Balaban J connectivity index is 1.71. The Labute approximate surface area is 157 Å². The molecule has 0 fully saturated rings. The van der Waals surface area contributed by atoms with E-state index in [-0.39, 0.29) is 31.8 Å². The maximum absolute atomic E-state index is 12.0. The summed E-state index contributed by atoms with van der Waals surface area (Å²) in [5.41, 5.74) is 0.205. The summed E-state index contributed by atoms with van der Waals surface area (Å²) >= 11 is 0. The van der Waals surface area contributed by atoms with Crippen LogP contribution in [0.4, 0.5) is 4.79 Å². The average molecular weight is 379 g/mol. The van der Waals surface area contributed by atoms with Gasteiger partial charge in [0.1, 0.15) is 12.1 Å². The van der Waals surface area contributed by atoms with Crippen molar-refractivity contribution in [3.63, 3.8) is 0 Å². The molecule has 0 radical (unpaired) electrons. The molecule has 2 rings (SSSR count). The maximum Gasteiger partial charge on any atom is 0.408 e. The number of rotatable bonds is 6. The zero-order valence-corrected chi connectivity index (χ0v) is 15.9. The second-order valence-electron chi connectivity index (χ2n) is 7.03. The van der Waals surface area contributed by atoms with Crippen molar-refractivity contribution in [1.82, 2.24) is 16.0 Å². The van der Waals surface area contributed by atoms with Crippen molar-refractivity contribution in [1.29, 1.82) is 0 Å². The topological polar surface area (TPSA) is 115 Å². The molecule has 0 aliphatic carbocycles. The molecule has 9 heteroatoms. The van der Waals surface area contributed by atoms with Gasteiger partial charge in [0.2, 0.25) is 18.6 Å². The van der Waals surface area contributed by atoms with E-state index in [1.54, 1.807) is 32.9 Å². The fourth-order valence-electron chi connectivity index (χ4n) is 2.27. The molecule has 0 saturated heterocycles. The predicted molar refractivity (Wildman–Crippen MR) is 96.4 cm³/mol. The van der Waals surface area contributed by atoms with Crippen molar-refractivity contribution in [2.45, 2.75) is 39.3 Å². The second-order valence-corrected chi connectivity index (χ2v) is 7.03. The van der Waals surface area contributed by atoms with Crippen molar-refractivity contribution in [2.75, 3.05) is 19.9 Å². The standard InChI is InChI=1S/C18H25N3O6/c1-11(12-5-6-13-14(7-12)26-10-25-13)21-16(23)9-19-15(22)8-20-17(24)27-18(2,3)4/h5-7,11H,8-10H2,1-4H3,(H,19,22)(H,20,24)(H,21,23)/t11-/m1/s1. The fraction of sp³-hybridized carbons (Fsp3) is 0.500. The molecule has 0 saturated carbocycles. The SMILES string of the molecule is C[C@@H](NC(=O)CNC(=O)CNC(=O)OC(C)(C)C)c1ccc2c(c1)OCO2. The number of fused-ring (bicyclic) bond motifs is 1. The second kappa shape index (κ2) is 8.61. The first-order valence-corrected chi connectivity index (χ1v) is 8.56. The summed E-state index contributed by atoms with van der Waals surface area (Å²) in [6.07, 6.45) is -0.696.